The van der Waals surface area contributed by atoms with E-state index in [-0.39, 0.29) is 40.0 Å². The van der Waals surface area contributed by atoms with Crippen molar-refractivity contribution in [3.8, 4) is 17.2 Å². The molecule has 0 aliphatic heterocycles. The summed E-state index contributed by atoms with van der Waals surface area (Å²) in [6, 6.07) is 8.15. The average molecular weight is 408 g/mol. The Labute approximate surface area is 162 Å². The van der Waals surface area contributed by atoms with Gasteiger partial charge in [-0.3, -0.25) is 14.3 Å². The fourth-order valence-corrected chi connectivity index (χ4v) is 3.40. The number of methoxy groups -OCH3 is 2. The number of ether oxygens (including phenoxy) is 3. The highest BCUT2D eigenvalue weighted by Gasteiger charge is 2.20. The summed E-state index contributed by atoms with van der Waals surface area (Å²) in [4.78, 5) is 22.6. The topological polar surface area (TPSA) is 134 Å². The predicted octanol–water partition coefficient (Wildman–Crippen LogP) is 1.57. The smallest absolute Gasteiger partial charge is 0.261 e. The molecule has 0 fully saturated rings. The standard InChI is InChI=1S/C18H20N2O7S/c1-11(21)14-8-16(25-2)17(26-3)9-15(14)20-28(23,24)13-6-4-12(5-7-13)27-10-18(19)22/h4-9,20H,10H2,1-3H3,(H2,19,22). The third-order valence-corrected chi connectivity index (χ3v) is 5.04. The lowest BCUT2D eigenvalue weighted by Gasteiger charge is -2.15. The van der Waals surface area contributed by atoms with E-state index in [2.05, 4.69) is 4.72 Å². The van der Waals surface area contributed by atoms with Gasteiger partial charge in [0.1, 0.15) is 5.75 Å². The number of nitrogens with two attached hydrogens (primary N) is 1. The van der Waals surface area contributed by atoms with Gasteiger partial charge in [0.2, 0.25) is 0 Å². The molecule has 9 nitrogen and oxygen atoms in total. The molecule has 0 unspecified atom stereocenters. The molecule has 0 aliphatic rings. The Bertz CT molecular complexity index is 986. The summed E-state index contributed by atoms with van der Waals surface area (Å²) in [5.74, 6) is -0.155. The predicted molar refractivity (Wildman–Crippen MR) is 101 cm³/mol. The normalized spacial score (nSPS) is 10.8. The van der Waals surface area contributed by atoms with Crippen molar-refractivity contribution < 1.29 is 32.2 Å². The van der Waals surface area contributed by atoms with Gasteiger partial charge in [-0.25, -0.2) is 8.42 Å². The zero-order valence-corrected chi connectivity index (χ0v) is 16.3. The molecule has 0 aliphatic carbocycles. The van der Waals surface area contributed by atoms with Gasteiger partial charge in [-0.1, -0.05) is 0 Å². The first-order valence-electron chi connectivity index (χ1n) is 7.99. The molecule has 10 heteroatoms. The summed E-state index contributed by atoms with van der Waals surface area (Å²) < 4.78 is 43.2. The van der Waals surface area contributed by atoms with Crippen molar-refractivity contribution in [2.45, 2.75) is 11.8 Å². The van der Waals surface area contributed by atoms with E-state index in [1.54, 1.807) is 0 Å². The Balaban J connectivity index is 2.35. The van der Waals surface area contributed by atoms with Crippen molar-refractivity contribution in [3.63, 3.8) is 0 Å². The van der Waals surface area contributed by atoms with Crippen LogP contribution in [-0.4, -0.2) is 40.9 Å². The molecule has 0 aromatic heterocycles. The molecule has 2 aromatic rings. The fraction of sp³-hybridized carbons (Fsp3) is 0.222. The largest absolute Gasteiger partial charge is 0.493 e. The molecule has 3 N–H and O–H groups in total. The number of benzene rings is 2. The van der Waals surface area contributed by atoms with Crippen LogP contribution >= 0.6 is 0 Å². The van der Waals surface area contributed by atoms with Crippen molar-refractivity contribution in [3.05, 3.63) is 42.0 Å². The van der Waals surface area contributed by atoms with E-state index in [0.29, 0.717) is 5.75 Å². The molecule has 1 amide bonds. The Morgan fingerprint density at radius 2 is 1.61 bits per heavy atom. The molecule has 2 aromatic carbocycles. The minimum absolute atomic E-state index is 0.0548. The summed E-state index contributed by atoms with van der Waals surface area (Å²) in [7, 11) is -1.20. The first kappa shape index (κ1) is 21.0. The lowest BCUT2D eigenvalue weighted by Crippen LogP contribution is -2.20. The minimum Gasteiger partial charge on any atom is -0.493 e. The van der Waals surface area contributed by atoms with Gasteiger partial charge < -0.3 is 19.9 Å². The zero-order valence-electron chi connectivity index (χ0n) is 15.5. The highest BCUT2D eigenvalue weighted by atomic mass is 32.2. The summed E-state index contributed by atoms with van der Waals surface area (Å²) in [6.07, 6.45) is 0. The van der Waals surface area contributed by atoms with E-state index >= 15 is 0 Å². The molecular formula is C18H20N2O7S. The second kappa shape index (κ2) is 8.61. The van der Waals surface area contributed by atoms with Crippen molar-refractivity contribution in [2.24, 2.45) is 5.73 Å². The van der Waals surface area contributed by atoms with E-state index in [1.165, 1.54) is 57.5 Å². The summed E-state index contributed by atoms with van der Waals surface area (Å²) in [5, 5.41) is 0. The first-order chi connectivity index (χ1) is 13.2. The van der Waals surface area contributed by atoms with Crippen molar-refractivity contribution in [1.29, 1.82) is 0 Å². The Morgan fingerprint density at radius 1 is 1.04 bits per heavy atom. The number of amides is 1. The second-order valence-electron chi connectivity index (χ2n) is 5.64. The fourth-order valence-electron chi connectivity index (χ4n) is 2.33. The maximum Gasteiger partial charge on any atom is 0.261 e. The van der Waals surface area contributed by atoms with Crippen molar-refractivity contribution in [2.75, 3.05) is 25.5 Å². The van der Waals surface area contributed by atoms with Gasteiger partial charge in [0.05, 0.1) is 24.8 Å². The van der Waals surface area contributed by atoms with Crippen LogP contribution in [0.15, 0.2) is 41.3 Å². The molecular weight excluding hydrogens is 388 g/mol. The van der Waals surface area contributed by atoms with Crippen LogP contribution in [0, 0.1) is 0 Å². The second-order valence-corrected chi connectivity index (χ2v) is 7.32. The monoisotopic (exact) mass is 408 g/mol. The molecule has 0 bridgehead atoms. The SMILES string of the molecule is COc1cc(NS(=O)(=O)c2ccc(OCC(N)=O)cc2)c(C(C)=O)cc1OC. The number of sulfonamides is 1. The number of rotatable bonds is 9. The number of Topliss-reactive ketones (excluding diaryl/α,β-unsaturated/α-hetero) is 1. The van der Waals surface area contributed by atoms with E-state index in [0.717, 1.165) is 0 Å². The Morgan fingerprint density at radius 3 is 2.11 bits per heavy atom. The van der Waals surface area contributed by atoms with Gasteiger partial charge in [0, 0.05) is 11.6 Å². The zero-order chi connectivity index (χ0) is 20.9. The molecule has 2 rings (SSSR count). The summed E-state index contributed by atoms with van der Waals surface area (Å²) in [5.41, 5.74) is 5.17. The van der Waals surface area contributed by atoms with Crippen LogP contribution in [-0.2, 0) is 14.8 Å². The third-order valence-electron chi connectivity index (χ3n) is 3.66. The van der Waals surface area contributed by atoms with Crippen LogP contribution in [0.25, 0.3) is 0 Å². The van der Waals surface area contributed by atoms with E-state index in [1.807, 2.05) is 0 Å². The van der Waals surface area contributed by atoms with Crippen LogP contribution in [0.1, 0.15) is 17.3 Å². The van der Waals surface area contributed by atoms with Gasteiger partial charge in [-0.2, -0.15) is 0 Å². The minimum atomic E-state index is -4.01. The van der Waals surface area contributed by atoms with Gasteiger partial charge in [-0.05, 0) is 37.3 Å². The van der Waals surface area contributed by atoms with E-state index < -0.39 is 15.9 Å². The number of ketones is 1. The molecule has 0 spiro atoms. The molecule has 150 valence electrons. The van der Waals surface area contributed by atoms with E-state index in [9.17, 15) is 18.0 Å². The molecule has 0 saturated heterocycles. The highest BCUT2D eigenvalue weighted by Crippen LogP contribution is 2.34. The number of nitrogens with one attached hydrogen (secondary N) is 1. The summed E-state index contributed by atoms with van der Waals surface area (Å²) >= 11 is 0. The van der Waals surface area contributed by atoms with Crippen molar-refractivity contribution in [1.82, 2.24) is 0 Å². The van der Waals surface area contributed by atoms with Crippen LogP contribution in [0.4, 0.5) is 5.69 Å². The highest BCUT2D eigenvalue weighted by molar-refractivity contribution is 7.92. The molecule has 0 radical (unpaired) electrons. The lowest BCUT2D eigenvalue weighted by atomic mass is 10.1. The van der Waals surface area contributed by atoms with Gasteiger partial charge >= 0.3 is 0 Å². The third kappa shape index (κ3) is 4.92. The van der Waals surface area contributed by atoms with Crippen LogP contribution in [0.5, 0.6) is 17.2 Å². The molecule has 0 saturated carbocycles. The van der Waals surface area contributed by atoms with E-state index in [4.69, 9.17) is 19.9 Å². The lowest BCUT2D eigenvalue weighted by molar-refractivity contribution is -0.119. The summed E-state index contributed by atoms with van der Waals surface area (Å²) in [6.45, 7) is 0.988. The molecule has 28 heavy (non-hydrogen) atoms. The number of carbonyl (C=O) groups excluding carboxylic acids is 2. The maximum atomic E-state index is 12.7. The maximum absolute atomic E-state index is 12.7. The van der Waals surface area contributed by atoms with Gasteiger partial charge in [0.25, 0.3) is 15.9 Å². The number of primary amides is 1. The van der Waals surface area contributed by atoms with Crippen molar-refractivity contribution >= 4 is 27.4 Å². The first-order valence-corrected chi connectivity index (χ1v) is 9.47. The number of hydrogen-bond donors (Lipinski definition) is 2. The van der Waals surface area contributed by atoms with Gasteiger partial charge in [0.15, 0.2) is 23.9 Å². The van der Waals surface area contributed by atoms with Crippen LogP contribution in [0.2, 0.25) is 0 Å². The molecule has 0 atom stereocenters. The van der Waals surface area contributed by atoms with Gasteiger partial charge in [-0.15, -0.1) is 0 Å². The average Bonchev–Trinajstić information content (AvgIpc) is 2.65. The van der Waals surface area contributed by atoms with Crippen LogP contribution < -0.4 is 24.7 Å². The quantitative estimate of drug-likeness (QED) is 0.602. The van der Waals surface area contributed by atoms with Crippen LogP contribution in [0.3, 0.4) is 0 Å². The Hall–Kier alpha value is -3.27. The number of carbonyl (C=O) groups is 2. The number of hydrogen-bond acceptors (Lipinski definition) is 7. The Kier molecular flexibility index (Phi) is 6.47. The number of anilines is 1. The molecule has 0 heterocycles.